The van der Waals surface area contributed by atoms with Crippen molar-refractivity contribution in [1.29, 1.82) is 0 Å². The first-order chi connectivity index (χ1) is 8.09. The molecule has 0 unspecified atom stereocenters. The Balaban J connectivity index is 2.00. The lowest BCUT2D eigenvalue weighted by atomic mass is 10.1. The minimum atomic E-state index is -1.08. The second-order valence-corrected chi connectivity index (χ2v) is 4.56. The maximum absolute atomic E-state index is 11.8. The molecule has 17 heavy (non-hydrogen) atoms. The van der Waals surface area contributed by atoms with Crippen LogP contribution >= 0.6 is 0 Å². The molecule has 2 amide bonds. The number of carbonyl (C=O) groups is 3. The largest absolute Gasteiger partial charge is 0.480 e. The average Bonchev–Trinajstić information content (AvgIpc) is 2.78. The van der Waals surface area contributed by atoms with Crippen LogP contribution in [0.5, 0.6) is 0 Å². The van der Waals surface area contributed by atoms with Gasteiger partial charge in [0.1, 0.15) is 6.54 Å². The summed E-state index contributed by atoms with van der Waals surface area (Å²) in [5.74, 6) is -2.30. The van der Waals surface area contributed by atoms with Gasteiger partial charge in [0, 0.05) is 19.1 Å². The van der Waals surface area contributed by atoms with E-state index in [0.29, 0.717) is 13.1 Å². The molecule has 2 aliphatic rings. The van der Waals surface area contributed by atoms with Crippen molar-refractivity contribution >= 4 is 17.8 Å². The molecule has 2 rings (SSSR count). The first-order valence-corrected chi connectivity index (χ1v) is 5.91. The Morgan fingerprint density at radius 3 is 2.41 bits per heavy atom. The summed E-state index contributed by atoms with van der Waals surface area (Å²) >= 11 is 0. The van der Waals surface area contributed by atoms with Gasteiger partial charge in [-0.2, -0.15) is 0 Å². The number of amides is 2. The second-order valence-electron chi connectivity index (χ2n) is 4.56. The molecular weight excluding hydrogens is 224 g/mol. The Labute approximate surface area is 99.2 Å². The number of aliphatic carboxylic acids is 1. The van der Waals surface area contributed by atoms with Crippen LogP contribution in [0.15, 0.2) is 0 Å². The van der Waals surface area contributed by atoms with Crippen LogP contribution in [0.3, 0.4) is 0 Å². The smallest absolute Gasteiger partial charge is 0.323 e. The monoisotopic (exact) mass is 240 g/mol. The summed E-state index contributed by atoms with van der Waals surface area (Å²) < 4.78 is 0. The normalized spacial score (nSPS) is 22.4. The highest BCUT2D eigenvalue weighted by atomic mass is 16.4. The van der Waals surface area contributed by atoms with Crippen LogP contribution < -0.4 is 0 Å². The topological polar surface area (TPSA) is 77.9 Å². The van der Waals surface area contributed by atoms with Gasteiger partial charge in [0.15, 0.2) is 0 Å². The van der Waals surface area contributed by atoms with Crippen LogP contribution in [0.4, 0.5) is 0 Å². The van der Waals surface area contributed by atoms with Crippen molar-refractivity contribution in [3.8, 4) is 0 Å². The van der Waals surface area contributed by atoms with Gasteiger partial charge in [-0.3, -0.25) is 14.4 Å². The summed E-state index contributed by atoms with van der Waals surface area (Å²) in [5, 5.41) is 8.63. The van der Waals surface area contributed by atoms with E-state index in [1.54, 1.807) is 4.90 Å². The molecule has 0 radical (unpaired) electrons. The fourth-order valence-electron chi connectivity index (χ4n) is 2.57. The summed E-state index contributed by atoms with van der Waals surface area (Å²) in [7, 11) is 0. The highest BCUT2D eigenvalue weighted by Gasteiger charge is 2.37. The van der Waals surface area contributed by atoms with Gasteiger partial charge in [0.2, 0.25) is 0 Å². The Morgan fingerprint density at radius 1 is 1.18 bits per heavy atom. The van der Waals surface area contributed by atoms with Crippen molar-refractivity contribution in [3.05, 3.63) is 0 Å². The number of carbonyl (C=O) groups excluding carboxylic acids is 2. The van der Waals surface area contributed by atoms with Gasteiger partial charge in [-0.1, -0.05) is 12.8 Å². The lowest BCUT2D eigenvalue weighted by molar-refractivity contribution is -0.160. The van der Waals surface area contributed by atoms with E-state index < -0.39 is 17.8 Å². The minimum Gasteiger partial charge on any atom is -0.480 e. The highest BCUT2D eigenvalue weighted by Crippen LogP contribution is 2.24. The number of rotatable bonds is 3. The van der Waals surface area contributed by atoms with E-state index in [1.807, 2.05) is 0 Å². The zero-order chi connectivity index (χ0) is 12.4. The summed E-state index contributed by atoms with van der Waals surface area (Å²) in [6.07, 6.45) is 4.11. The van der Waals surface area contributed by atoms with E-state index in [-0.39, 0.29) is 12.6 Å². The highest BCUT2D eigenvalue weighted by molar-refractivity contribution is 6.35. The third-order valence-corrected chi connectivity index (χ3v) is 3.43. The lowest BCUT2D eigenvalue weighted by Gasteiger charge is -2.36. The maximum atomic E-state index is 11.8. The third-order valence-electron chi connectivity index (χ3n) is 3.43. The first kappa shape index (κ1) is 11.9. The molecule has 6 heteroatoms. The summed E-state index contributed by atoms with van der Waals surface area (Å²) in [6.45, 7) is 0.402. The molecule has 94 valence electrons. The van der Waals surface area contributed by atoms with Gasteiger partial charge in [0.05, 0.1) is 0 Å². The van der Waals surface area contributed by atoms with Gasteiger partial charge in [-0.15, -0.1) is 0 Å². The van der Waals surface area contributed by atoms with Gasteiger partial charge in [0.25, 0.3) is 0 Å². The predicted molar refractivity (Wildman–Crippen MR) is 58.2 cm³/mol. The molecule has 0 aromatic carbocycles. The molecule has 1 saturated heterocycles. The average molecular weight is 240 g/mol. The molecule has 1 aliphatic carbocycles. The Kier molecular flexibility index (Phi) is 3.31. The molecule has 0 aromatic heterocycles. The number of hydrogen-bond acceptors (Lipinski definition) is 3. The molecule has 0 aromatic rings. The van der Waals surface area contributed by atoms with E-state index in [9.17, 15) is 14.4 Å². The van der Waals surface area contributed by atoms with E-state index in [1.165, 1.54) is 0 Å². The van der Waals surface area contributed by atoms with Crippen LogP contribution in [0.2, 0.25) is 0 Å². The summed E-state index contributed by atoms with van der Waals surface area (Å²) in [5.41, 5.74) is 0. The van der Waals surface area contributed by atoms with Crippen molar-refractivity contribution < 1.29 is 19.5 Å². The zero-order valence-corrected chi connectivity index (χ0v) is 9.59. The fourth-order valence-corrected chi connectivity index (χ4v) is 2.57. The number of nitrogens with zero attached hydrogens (tertiary/aromatic N) is 2. The van der Waals surface area contributed by atoms with Gasteiger partial charge < -0.3 is 14.9 Å². The number of carboxylic acid groups (broad SMARTS) is 1. The van der Waals surface area contributed by atoms with Crippen molar-refractivity contribution in [3.63, 3.8) is 0 Å². The number of hydrogen-bond donors (Lipinski definition) is 1. The summed E-state index contributed by atoms with van der Waals surface area (Å²) in [6, 6.07) is 0.179. The number of carboxylic acids is 1. The molecular formula is C11H16N2O4. The quantitative estimate of drug-likeness (QED) is 0.686. The minimum absolute atomic E-state index is 0.179. The van der Waals surface area contributed by atoms with Gasteiger partial charge in [-0.25, -0.2) is 0 Å². The molecule has 0 bridgehead atoms. The SMILES string of the molecule is O=C(O)CN1CCN(C2CCCC2)C(=O)C1=O. The molecule has 2 fully saturated rings. The molecule has 6 nitrogen and oxygen atoms in total. The molecule has 1 aliphatic heterocycles. The molecule has 1 N–H and O–H groups in total. The van der Waals surface area contributed by atoms with E-state index in [0.717, 1.165) is 30.6 Å². The lowest BCUT2D eigenvalue weighted by Crippen LogP contribution is -2.57. The van der Waals surface area contributed by atoms with Crippen LogP contribution in [0.25, 0.3) is 0 Å². The van der Waals surface area contributed by atoms with E-state index in [2.05, 4.69) is 0 Å². The third kappa shape index (κ3) is 2.40. The second kappa shape index (κ2) is 4.73. The summed E-state index contributed by atoms with van der Waals surface area (Å²) in [4.78, 5) is 36.8. The van der Waals surface area contributed by atoms with Crippen molar-refractivity contribution in [1.82, 2.24) is 9.80 Å². The first-order valence-electron chi connectivity index (χ1n) is 5.91. The Morgan fingerprint density at radius 2 is 1.82 bits per heavy atom. The van der Waals surface area contributed by atoms with Gasteiger partial charge in [-0.05, 0) is 12.8 Å². The van der Waals surface area contributed by atoms with Crippen LogP contribution in [-0.4, -0.2) is 58.4 Å². The Hall–Kier alpha value is -1.59. The Bertz CT molecular complexity index is 349. The molecule has 1 heterocycles. The van der Waals surface area contributed by atoms with Crippen molar-refractivity contribution in [2.45, 2.75) is 31.7 Å². The molecule has 0 atom stereocenters. The van der Waals surface area contributed by atoms with Crippen LogP contribution in [-0.2, 0) is 14.4 Å². The van der Waals surface area contributed by atoms with Crippen LogP contribution in [0.1, 0.15) is 25.7 Å². The maximum Gasteiger partial charge on any atom is 0.323 e. The van der Waals surface area contributed by atoms with E-state index in [4.69, 9.17) is 5.11 Å². The predicted octanol–water partition coefficient (Wildman–Crippen LogP) is -0.316. The molecule has 1 saturated carbocycles. The van der Waals surface area contributed by atoms with Gasteiger partial charge >= 0.3 is 17.8 Å². The molecule has 0 spiro atoms. The fraction of sp³-hybridized carbons (Fsp3) is 0.727. The standard InChI is InChI=1S/C11H16N2O4/c14-9(15)7-12-5-6-13(11(17)10(12)16)8-3-1-2-4-8/h8H,1-7H2,(H,14,15). The van der Waals surface area contributed by atoms with E-state index >= 15 is 0 Å². The number of piperazine rings is 1. The zero-order valence-electron chi connectivity index (χ0n) is 9.59. The van der Waals surface area contributed by atoms with Crippen LogP contribution in [0, 0.1) is 0 Å². The van der Waals surface area contributed by atoms with Crippen molar-refractivity contribution in [2.75, 3.05) is 19.6 Å². The van der Waals surface area contributed by atoms with Crippen molar-refractivity contribution in [2.24, 2.45) is 0 Å².